The molecule has 1 nitrogen and oxygen atoms in total. The van der Waals surface area contributed by atoms with E-state index in [4.69, 9.17) is 0 Å². The summed E-state index contributed by atoms with van der Waals surface area (Å²) in [4.78, 5) is 11.1. The molecule has 1 aliphatic rings. The van der Waals surface area contributed by atoms with E-state index in [9.17, 15) is 4.79 Å². The third kappa shape index (κ3) is 8.02. The quantitative estimate of drug-likeness (QED) is 0.349. The van der Waals surface area contributed by atoms with Crippen molar-refractivity contribution in [1.82, 2.24) is 0 Å². The molecule has 0 spiro atoms. The van der Waals surface area contributed by atoms with Crippen LogP contribution in [0.25, 0.3) is 0 Å². The number of ketones is 1. The molecular formula is C18H30O. The first kappa shape index (κ1) is 16.2. The second kappa shape index (κ2) is 11.0. The number of unbranched alkanes of at least 4 members (excludes halogenated alkanes) is 5. The summed E-state index contributed by atoms with van der Waals surface area (Å²) in [5.74, 6) is 0.929. The van der Waals surface area contributed by atoms with Crippen LogP contribution in [0.5, 0.6) is 0 Å². The van der Waals surface area contributed by atoms with Crippen molar-refractivity contribution < 1.29 is 4.79 Å². The van der Waals surface area contributed by atoms with Crippen molar-refractivity contribution in [3.63, 3.8) is 0 Å². The van der Waals surface area contributed by atoms with Gasteiger partial charge < -0.3 is 0 Å². The van der Waals surface area contributed by atoms with Crippen LogP contribution in [0.4, 0.5) is 0 Å². The Balaban J connectivity index is 1.83. The molecule has 0 radical (unpaired) electrons. The zero-order chi connectivity index (χ0) is 13.8. The molecule has 1 unspecified atom stereocenters. The number of hydrogen-bond acceptors (Lipinski definition) is 1. The Morgan fingerprint density at radius 1 is 1.00 bits per heavy atom. The highest BCUT2D eigenvalue weighted by Crippen LogP contribution is 2.27. The molecule has 0 saturated heterocycles. The van der Waals surface area contributed by atoms with Gasteiger partial charge >= 0.3 is 0 Å². The Morgan fingerprint density at radius 2 is 1.68 bits per heavy atom. The van der Waals surface area contributed by atoms with Gasteiger partial charge in [0.2, 0.25) is 0 Å². The number of hydrogen-bond donors (Lipinski definition) is 0. The van der Waals surface area contributed by atoms with Crippen LogP contribution in [0.3, 0.4) is 0 Å². The molecule has 108 valence electrons. The standard InChI is InChI=1S/C18H30O/c1-2-3-4-5-6-7-8-9-10-11-12-13-14-17-15-16-18(17)19/h6-7,9-10,17H,2-5,8,11-16H2,1H3/b7-6-,10-9-. The molecular weight excluding hydrogens is 232 g/mol. The molecule has 1 aliphatic carbocycles. The summed E-state index contributed by atoms with van der Waals surface area (Å²) >= 11 is 0. The molecule has 19 heavy (non-hydrogen) atoms. The number of Topliss-reactive ketones (excluding diaryl/α,β-unsaturated/α-hetero) is 1. The highest BCUT2D eigenvalue weighted by atomic mass is 16.1. The van der Waals surface area contributed by atoms with Crippen molar-refractivity contribution in [3.8, 4) is 0 Å². The normalized spacial score (nSPS) is 19.4. The topological polar surface area (TPSA) is 17.1 Å². The van der Waals surface area contributed by atoms with Gasteiger partial charge in [-0.05, 0) is 44.9 Å². The molecule has 0 N–H and O–H groups in total. The highest BCUT2D eigenvalue weighted by Gasteiger charge is 2.26. The average molecular weight is 262 g/mol. The van der Waals surface area contributed by atoms with Crippen LogP contribution in [0.15, 0.2) is 24.3 Å². The van der Waals surface area contributed by atoms with Crippen molar-refractivity contribution in [2.75, 3.05) is 0 Å². The van der Waals surface area contributed by atoms with Gasteiger partial charge in [0.05, 0.1) is 0 Å². The first-order valence-corrected chi connectivity index (χ1v) is 8.17. The van der Waals surface area contributed by atoms with Gasteiger partial charge in [0.1, 0.15) is 5.78 Å². The largest absolute Gasteiger partial charge is 0.299 e. The highest BCUT2D eigenvalue weighted by molar-refractivity contribution is 5.86. The fourth-order valence-corrected chi connectivity index (χ4v) is 2.44. The molecule has 0 aliphatic heterocycles. The van der Waals surface area contributed by atoms with Crippen molar-refractivity contribution in [2.24, 2.45) is 5.92 Å². The first-order valence-electron chi connectivity index (χ1n) is 8.17. The van der Waals surface area contributed by atoms with Crippen LogP contribution < -0.4 is 0 Å². The van der Waals surface area contributed by atoms with Crippen LogP contribution in [0.1, 0.15) is 77.6 Å². The Morgan fingerprint density at radius 3 is 2.21 bits per heavy atom. The summed E-state index contributed by atoms with van der Waals surface area (Å²) in [7, 11) is 0. The summed E-state index contributed by atoms with van der Waals surface area (Å²) < 4.78 is 0. The van der Waals surface area contributed by atoms with E-state index in [0.717, 1.165) is 25.7 Å². The predicted octanol–water partition coefficient (Wildman–Crippen LogP) is 5.61. The monoisotopic (exact) mass is 262 g/mol. The van der Waals surface area contributed by atoms with Crippen molar-refractivity contribution >= 4 is 5.78 Å². The zero-order valence-corrected chi connectivity index (χ0v) is 12.6. The fourth-order valence-electron chi connectivity index (χ4n) is 2.44. The Hall–Kier alpha value is -0.850. The van der Waals surface area contributed by atoms with E-state index >= 15 is 0 Å². The van der Waals surface area contributed by atoms with Gasteiger partial charge in [-0.3, -0.25) is 4.79 Å². The zero-order valence-electron chi connectivity index (χ0n) is 12.6. The molecule has 1 atom stereocenters. The second-order valence-corrected chi connectivity index (χ2v) is 5.66. The van der Waals surface area contributed by atoms with Crippen LogP contribution in [-0.2, 0) is 4.79 Å². The van der Waals surface area contributed by atoms with Gasteiger partial charge in [-0.1, -0.05) is 50.5 Å². The van der Waals surface area contributed by atoms with E-state index in [2.05, 4.69) is 31.2 Å². The lowest BCUT2D eigenvalue weighted by Gasteiger charge is -2.23. The third-order valence-corrected chi connectivity index (χ3v) is 3.95. The molecule has 1 rings (SSSR count). The van der Waals surface area contributed by atoms with E-state index in [1.807, 2.05) is 0 Å². The maximum absolute atomic E-state index is 11.1. The summed E-state index contributed by atoms with van der Waals surface area (Å²) in [6.45, 7) is 2.24. The maximum atomic E-state index is 11.1. The Bertz CT molecular complexity index is 288. The van der Waals surface area contributed by atoms with E-state index in [-0.39, 0.29) is 0 Å². The van der Waals surface area contributed by atoms with Crippen LogP contribution in [0, 0.1) is 5.92 Å². The number of rotatable bonds is 11. The number of carbonyl (C=O) groups is 1. The molecule has 1 saturated carbocycles. The summed E-state index contributed by atoms with van der Waals surface area (Å²) in [5, 5.41) is 0. The molecule has 0 aromatic rings. The molecule has 0 aromatic heterocycles. The van der Waals surface area contributed by atoms with Crippen LogP contribution >= 0.6 is 0 Å². The van der Waals surface area contributed by atoms with Crippen molar-refractivity contribution in [2.45, 2.75) is 77.6 Å². The SMILES string of the molecule is CCCCC/C=C\C/C=C\CCCCC1CCC1=O. The maximum Gasteiger partial charge on any atom is 0.136 e. The Kier molecular flexibility index (Phi) is 9.40. The van der Waals surface area contributed by atoms with Gasteiger partial charge in [0, 0.05) is 12.3 Å². The minimum atomic E-state index is 0.426. The summed E-state index contributed by atoms with van der Waals surface area (Å²) in [6, 6.07) is 0. The Labute approximate surface area is 119 Å². The lowest BCUT2D eigenvalue weighted by molar-refractivity contribution is -0.129. The lowest BCUT2D eigenvalue weighted by Crippen LogP contribution is -2.25. The van der Waals surface area contributed by atoms with Gasteiger partial charge in [0.15, 0.2) is 0 Å². The summed E-state index contributed by atoms with van der Waals surface area (Å²) in [5.41, 5.74) is 0. The van der Waals surface area contributed by atoms with Crippen LogP contribution in [0.2, 0.25) is 0 Å². The van der Waals surface area contributed by atoms with E-state index < -0.39 is 0 Å². The average Bonchev–Trinajstić information content (AvgIpc) is 2.42. The second-order valence-electron chi connectivity index (χ2n) is 5.66. The minimum absolute atomic E-state index is 0.426. The smallest absolute Gasteiger partial charge is 0.136 e. The molecule has 0 amide bonds. The number of allylic oxidation sites excluding steroid dienone is 4. The van der Waals surface area contributed by atoms with Gasteiger partial charge in [-0.25, -0.2) is 0 Å². The molecule has 0 heterocycles. The van der Waals surface area contributed by atoms with Gasteiger partial charge in [-0.15, -0.1) is 0 Å². The van der Waals surface area contributed by atoms with E-state index in [0.29, 0.717) is 11.7 Å². The molecule has 0 aromatic carbocycles. The van der Waals surface area contributed by atoms with E-state index in [1.165, 1.54) is 44.9 Å². The summed E-state index contributed by atoms with van der Waals surface area (Å²) in [6.07, 6.45) is 22.2. The van der Waals surface area contributed by atoms with Crippen molar-refractivity contribution in [1.29, 1.82) is 0 Å². The lowest BCUT2D eigenvalue weighted by atomic mass is 9.80. The predicted molar refractivity (Wildman–Crippen MR) is 83.2 cm³/mol. The minimum Gasteiger partial charge on any atom is -0.299 e. The van der Waals surface area contributed by atoms with Gasteiger partial charge in [-0.2, -0.15) is 0 Å². The molecule has 1 fully saturated rings. The van der Waals surface area contributed by atoms with Gasteiger partial charge in [0.25, 0.3) is 0 Å². The number of carbonyl (C=O) groups excluding carboxylic acids is 1. The van der Waals surface area contributed by atoms with Crippen LogP contribution in [-0.4, -0.2) is 5.78 Å². The van der Waals surface area contributed by atoms with Crippen molar-refractivity contribution in [3.05, 3.63) is 24.3 Å². The first-order chi connectivity index (χ1) is 9.34. The fraction of sp³-hybridized carbons (Fsp3) is 0.722. The molecule has 1 heteroatoms. The molecule has 0 bridgehead atoms. The van der Waals surface area contributed by atoms with E-state index in [1.54, 1.807) is 0 Å². The third-order valence-electron chi connectivity index (χ3n) is 3.95.